The predicted molar refractivity (Wildman–Crippen MR) is 88.7 cm³/mol. The second kappa shape index (κ2) is 5.58. The Bertz CT molecular complexity index is 512. The van der Waals surface area contributed by atoms with Crippen molar-refractivity contribution in [2.45, 2.75) is 51.4 Å². The van der Waals surface area contributed by atoms with Gasteiger partial charge in [0.15, 0.2) is 5.79 Å². The second-order valence-electron chi connectivity index (χ2n) is 9.05. The number of rotatable bonds is 2. The molecule has 0 aromatic rings. The van der Waals surface area contributed by atoms with Gasteiger partial charge in [0.1, 0.15) is 5.60 Å². The summed E-state index contributed by atoms with van der Waals surface area (Å²) in [5, 5.41) is 0. The molecule has 2 atom stereocenters. The second-order valence-corrected chi connectivity index (χ2v) is 9.05. The molecule has 2 unspecified atom stereocenters. The standard InChI is InChI=1S/C18H30N2O4/c1-16(2,3)24-15(21)20-10-14-9-17(14,12-20)11-19-6-4-5-18(13-19)22-7-8-23-18/h14H,4-13H2,1-3H3. The van der Waals surface area contributed by atoms with Crippen LogP contribution in [0.2, 0.25) is 0 Å². The van der Waals surface area contributed by atoms with E-state index in [0.29, 0.717) is 19.1 Å². The van der Waals surface area contributed by atoms with E-state index in [1.165, 1.54) is 6.42 Å². The van der Waals surface area contributed by atoms with Gasteiger partial charge in [-0.05, 0) is 46.1 Å². The molecule has 1 amide bonds. The third-order valence-corrected chi connectivity index (χ3v) is 5.81. The van der Waals surface area contributed by atoms with E-state index >= 15 is 0 Å². The molecule has 1 aliphatic carbocycles. The zero-order valence-corrected chi connectivity index (χ0v) is 15.2. The van der Waals surface area contributed by atoms with Crippen LogP contribution < -0.4 is 0 Å². The van der Waals surface area contributed by atoms with Gasteiger partial charge in [-0.15, -0.1) is 0 Å². The fraction of sp³-hybridized carbons (Fsp3) is 0.944. The normalized spacial score (nSPS) is 35.3. The lowest BCUT2D eigenvalue weighted by Crippen LogP contribution is -2.51. The molecule has 136 valence electrons. The average Bonchev–Trinajstić information content (AvgIpc) is 2.82. The summed E-state index contributed by atoms with van der Waals surface area (Å²) in [6.07, 6.45) is 3.20. The summed E-state index contributed by atoms with van der Waals surface area (Å²) in [4.78, 5) is 16.7. The van der Waals surface area contributed by atoms with Crippen LogP contribution in [0, 0.1) is 11.3 Å². The van der Waals surface area contributed by atoms with Crippen LogP contribution in [0.3, 0.4) is 0 Å². The minimum Gasteiger partial charge on any atom is -0.444 e. The van der Waals surface area contributed by atoms with Crippen LogP contribution in [0.5, 0.6) is 0 Å². The molecular weight excluding hydrogens is 308 g/mol. The molecule has 0 bridgehead atoms. The molecule has 3 saturated heterocycles. The first kappa shape index (κ1) is 16.6. The van der Waals surface area contributed by atoms with Crippen molar-refractivity contribution >= 4 is 6.09 Å². The van der Waals surface area contributed by atoms with Crippen LogP contribution in [0.15, 0.2) is 0 Å². The van der Waals surface area contributed by atoms with Crippen LogP contribution in [-0.2, 0) is 14.2 Å². The number of carbonyl (C=O) groups excluding carboxylic acids is 1. The van der Waals surface area contributed by atoms with Crippen molar-refractivity contribution in [3.8, 4) is 0 Å². The van der Waals surface area contributed by atoms with Crippen molar-refractivity contribution in [2.75, 3.05) is 45.9 Å². The van der Waals surface area contributed by atoms with Crippen LogP contribution >= 0.6 is 0 Å². The van der Waals surface area contributed by atoms with Gasteiger partial charge in [0.05, 0.1) is 19.8 Å². The van der Waals surface area contributed by atoms with Gasteiger partial charge in [-0.25, -0.2) is 4.79 Å². The smallest absolute Gasteiger partial charge is 0.410 e. The van der Waals surface area contributed by atoms with Crippen LogP contribution in [-0.4, -0.2) is 73.2 Å². The molecule has 4 aliphatic rings. The van der Waals surface area contributed by atoms with Gasteiger partial charge in [0.2, 0.25) is 0 Å². The molecule has 0 N–H and O–H groups in total. The summed E-state index contributed by atoms with van der Waals surface area (Å²) in [5.41, 5.74) is -0.151. The fourth-order valence-electron chi connectivity index (χ4n) is 4.69. The minimum absolute atomic E-state index is 0.161. The fourth-order valence-corrected chi connectivity index (χ4v) is 4.69. The number of ether oxygens (including phenoxy) is 3. The summed E-state index contributed by atoms with van der Waals surface area (Å²) < 4.78 is 17.3. The van der Waals surface area contributed by atoms with Crippen molar-refractivity contribution in [1.29, 1.82) is 0 Å². The van der Waals surface area contributed by atoms with E-state index in [0.717, 1.165) is 45.6 Å². The molecule has 0 aromatic carbocycles. The van der Waals surface area contributed by atoms with E-state index < -0.39 is 5.60 Å². The lowest BCUT2D eigenvalue weighted by molar-refractivity contribution is -0.190. The molecule has 3 heterocycles. The van der Waals surface area contributed by atoms with Crippen LogP contribution in [0.25, 0.3) is 0 Å². The van der Waals surface area contributed by atoms with E-state index in [1.54, 1.807) is 0 Å². The maximum absolute atomic E-state index is 12.3. The quantitative estimate of drug-likeness (QED) is 0.772. The Labute approximate surface area is 144 Å². The highest BCUT2D eigenvalue weighted by Crippen LogP contribution is 2.58. The minimum atomic E-state index is -0.423. The Morgan fingerprint density at radius 2 is 2.00 bits per heavy atom. The predicted octanol–water partition coefficient (Wildman–Crippen LogP) is 2.08. The highest BCUT2D eigenvalue weighted by atomic mass is 16.7. The third-order valence-electron chi connectivity index (χ3n) is 5.81. The Balaban J connectivity index is 1.34. The van der Waals surface area contributed by atoms with Gasteiger partial charge in [-0.3, -0.25) is 4.90 Å². The van der Waals surface area contributed by atoms with E-state index in [-0.39, 0.29) is 17.3 Å². The molecule has 6 nitrogen and oxygen atoms in total. The molecule has 0 radical (unpaired) electrons. The van der Waals surface area contributed by atoms with E-state index in [9.17, 15) is 4.79 Å². The molecule has 6 heteroatoms. The van der Waals surface area contributed by atoms with Gasteiger partial charge in [0, 0.05) is 31.5 Å². The summed E-state index contributed by atoms with van der Waals surface area (Å²) in [7, 11) is 0. The SMILES string of the molecule is CC(C)(C)OC(=O)N1CC2CC2(CN2CCCC3(C2)OCCO3)C1. The number of piperidine rings is 2. The molecule has 24 heavy (non-hydrogen) atoms. The van der Waals surface area contributed by atoms with Crippen LogP contribution in [0.1, 0.15) is 40.0 Å². The number of fused-ring (bicyclic) bond motifs is 1. The lowest BCUT2D eigenvalue weighted by atomic mass is 10.00. The summed E-state index contributed by atoms with van der Waals surface area (Å²) in [6.45, 7) is 11.9. The third kappa shape index (κ3) is 3.16. The van der Waals surface area contributed by atoms with Gasteiger partial charge in [-0.1, -0.05) is 0 Å². The largest absolute Gasteiger partial charge is 0.444 e. The maximum atomic E-state index is 12.3. The van der Waals surface area contributed by atoms with E-state index in [1.807, 2.05) is 25.7 Å². The highest BCUT2D eigenvalue weighted by molar-refractivity contribution is 5.69. The average molecular weight is 338 g/mol. The van der Waals surface area contributed by atoms with Gasteiger partial charge >= 0.3 is 6.09 Å². The zero-order valence-electron chi connectivity index (χ0n) is 15.2. The van der Waals surface area contributed by atoms with Crippen molar-refractivity contribution in [1.82, 2.24) is 9.80 Å². The van der Waals surface area contributed by atoms with E-state index in [4.69, 9.17) is 14.2 Å². The molecule has 1 spiro atoms. The number of hydrogen-bond donors (Lipinski definition) is 0. The first-order valence-corrected chi connectivity index (χ1v) is 9.28. The molecule has 3 aliphatic heterocycles. The van der Waals surface area contributed by atoms with Crippen molar-refractivity contribution in [2.24, 2.45) is 11.3 Å². The molecule has 1 saturated carbocycles. The Kier molecular flexibility index (Phi) is 3.86. The number of amides is 1. The van der Waals surface area contributed by atoms with Crippen molar-refractivity contribution < 1.29 is 19.0 Å². The first-order chi connectivity index (χ1) is 11.3. The van der Waals surface area contributed by atoms with Gasteiger partial charge in [0.25, 0.3) is 0 Å². The molecular formula is C18H30N2O4. The van der Waals surface area contributed by atoms with Crippen LogP contribution in [0.4, 0.5) is 4.79 Å². The molecule has 4 fully saturated rings. The van der Waals surface area contributed by atoms with E-state index in [2.05, 4.69) is 4.90 Å². The number of hydrogen-bond acceptors (Lipinski definition) is 5. The summed E-state index contributed by atoms with van der Waals surface area (Å²) in [6, 6.07) is 0. The zero-order chi connectivity index (χ0) is 17.0. The Hall–Kier alpha value is -0.850. The highest BCUT2D eigenvalue weighted by Gasteiger charge is 2.62. The number of carbonyl (C=O) groups is 1. The Morgan fingerprint density at radius 3 is 2.71 bits per heavy atom. The van der Waals surface area contributed by atoms with Crippen molar-refractivity contribution in [3.05, 3.63) is 0 Å². The number of nitrogens with zero attached hydrogens (tertiary/aromatic N) is 2. The summed E-state index contributed by atoms with van der Waals surface area (Å²) in [5.74, 6) is 0.274. The summed E-state index contributed by atoms with van der Waals surface area (Å²) >= 11 is 0. The number of likely N-dealkylation sites (tertiary alicyclic amines) is 2. The monoisotopic (exact) mass is 338 g/mol. The van der Waals surface area contributed by atoms with Gasteiger partial charge < -0.3 is 19.1 Å². The van der Waals surface area contributed by atoms with Crippen molar-refractivity contribution in [3.63, 3.8) is 0 Å². The Morgan fingerprint density at radius 1 is 1.25 bits per heavy atom. The topological polar surface area (TPSA) is 51.2 Å². The lowest BCUT2D eigenvalue weighted by Gasteiger charge is -2.40. The van der Waals surface area contributed by atoms with Gasteiger partial charge in [-0.2, -0.15) is 0 Å². The molecule has 4 rings (SSSR count). The molecule has 0 aromatic heterocycles. The first-order valence-electron chi connectivity index (χ1n) is 9.28. The maximum Gasteiger partial charge on any atom is 0.410 e.